The third-order valence-electron chi connectivity index (χ3n) is 4.03. The molecule has 0 aromatic carbocycles. The molecule has 0 spiro atoms. The molecule has 0 aliphatic heterocycles. The summed E-state index contributed by atoms with van der Waals surface area (Å²) >= 11 is 0. The minimum absolute atomic E-state index is 0.119. The molecule has 27 heavy (non-hydrogen) atoms. The second-order valence-electron chi connectivity index (χ2n) is 6.64. The molecule has 0 saturated carbocycles. The molecular weight excluding hydrogens is 383 g/mol. The van der Waals surface area contributed by atoms with E-state index in [2.05, 4.69) is 10.1 Å². The summed E-state index contributed by atoms with van der Waals surface area (Å²) in [6, 6.07) is 2.24. The lowest BCUT2D eigenvalue weighted by molar-refractivity contribution is -0.137. The fourth-order valence-electron chi connectivity index (χ4n) is 2.69. The highest BCUT2D eigenvalue weighted by Gasteiger charge is 2.30. The number of hydrogen-bond donors (Lipinski definition) is 1. The van der Waals surface area contributed by atoms with E-state index >= 15 is 0 Å². The number of alkyl halides is 3. The predicted octanol–water partition coefficient (Wildman–Crippen LogP) is 4.01. The van der Waals surface area contributed by atoms with Crippen LogP contribution in [0.3, 0.4) is 0 Å². The van der Waals surface area contributed by atoms with Crippen LogP contribution in [0.25, 0.3) is 5.82 Å². The van der Waals surface area contributed by atoms with Crippen LogP contribution in [-0.2, 0) is 22.7 Å². The Hall–Kier alpha value is -1.94. The van der Waals surface area contributed by atoms with E-state index in [-0.39, 0.29) is 11.7 Å². The van der Waals surface area contributed by atoms with E-state index in [9.17, 15) is 21.6 Å². The quantitative estimate of drug-likeness (QED) is 0.530. The highest BCUT2D eigenvalue weighted by atomic mass is 32.2. The summed E-state index contributed by atoms with van der Waals surface area (Å²) in [6.45, 7) is 3.93. The third-order valence-corrected chi connectivity index (χ3v) is 4.83. The van der Waals surface area contributed by atoms with Gasteiger partial charge in [0, 0.05) is 12.4 Å². The van der Waals surface area contributed by atoms with Gasteiger partial charge in [-0.2, -0.15) is 26.7 Å². The third kappa shape index (κ3) is 6.31. The fraction of sp³-hybridized carbons (Fsp3) is 0.529. The highest BCUT2D eigenvalue weighted by molar-refractivity contribution is 7.85. The van der Waals surface area contributed by atoms with Gasteiger partial charge >= 0.3 is 6.18 Å². The smallest absolute Gasteiger partial charge is 0.286 e. The SMILES string of the molecule is CC(C)c1nn(-c2ccc(C(F)(F)F)cn2)cc1CCCCCS(=O)(=O)O. The van der Waals surface area contributed by atoms with Crippen LogP contribution in [0.2, 0.25) is 0 Å². The lowest BCUT2D eigenvalue weighted by Crippen LogP contribution is -2.07. The van der Waals surface area contributed by atoms with Crippen LogP contribution in [-0.4, -0.2) is 33.5 Å². The number of hydrogen-bond acceptors (Lipinski definition) is 4. The zero-order valence-electron chi connectivity index (χ0n) is 15.1. The number of aromatic nitrogens is 3. The van der Waals surface area contributed by atoms with Gasteiger partial charge in [0.2, 0.25) is 0 Å². The molecule has 0 amide bonds. The van der Waals surface area contributed by atoms with Gasteiger partial charge in [-0.15, -0.1) is 0 Å². The summed E-state index contributed by atoms with van der Waals surface area (Å²) in [5.41, 5.74) is 0.951. The van der Waals surface area contributed by atoms with Gasteiger partial charge in [0.1, 0.15) is 0 Å². The minimum atomic E-state index is -4.44. The molecule has 10 heteroatoms. The average molecular weight is 405 g/mol. The van der Waals surface area contributed by atoms with Crippen LogP contribution in [0.4, 0.5) is 13.2 Å². The first-order chi connectivity index (χ1) is 12.5. The highest BCUT2D eigenvalue weighted by Crippen LogP contribution is 2.29. The molecule has 0 unspecified atom stereocenters. The predicted molar refractivity (Wildman–Crippen MR) is 94.4 cm³/mol. The molecule has 2 aromatic heterocycles. The molecule has 0 aliphatic rings. The van der Waals surface area contributed by atoms with Gasteiger partial charge in [-0.1, -0.05) is 20.3 Å². The summed E-state index contributed by atoms with van der Waals surface area (Å²) in [4.78, 5) is 3.85. The molecule has 2 aromatic rings. The van der Waals surface area contributed by atoms with Gasteiger partial charge in [-0.3, -0.25) is 4.55 Å². The molecule has 0 atom stereocenters. The number of nitrogens with zero attached hydrogens (tertiary/aromatic N) is 3. The molecule has 0 fully saturated rings. The lowest BCUT2D eigenvalue weighted by Gasteiger charge is -2.06. The number of rotatable bonds is 8. The molecule has 150 valence electrons. The fourth-order valence-corrected chi connectivity index (χ4v) is 3.25. The van der Waals surface area contributed by atoms with Gasteiger partial charge < -0.3 is 0 Å². The molecule has 2 heterocycles. The Labute approximate surface area is 156 Å². The standard InChI is InChI=1S/C17H22F3N3O3S/c1-12(2)16-13(6-4-3-5-9-27(24,25)26)11-23(22-16)15-8-7-14(10-21-15)17(18,19)20/h7-8,10-12H,3-6,9H2,1-2H3,(H,24,25,26). The van der Waals surface area contributed by atoms with Crippen LogP contribution >= 0.6 is 0 Å². The van der Waals surface area contributed by atoms with Crippen molar-refractivity contribution in [3.8, 4) is 5.82 Å². The Bertz CT molecular complexity index is 860. The maximum absolute atomic E-state index is 12.7. The van der Waals surface area contributed by atoms with Crippen LogP contribution in [0.15, 0.2) is 24.5 Å². The number of unbranched alkanes of at least 4 members (excludes halogenated alkanes) is 2. The van der Waals surface area contributed by atoms with E-state index in [0.717, 1.165) is 23.5 Å². The van der Waals surface area contributed by atoms with Crippen LogP contribution < -0.4 is 0 Å². The molecule has 0 saturated heterocycles. The topological polar surface area (TPSA) is 85.1 Å². The van der Waals surface area contributed by atoms with Crippen LogP contribution in [0.5, 0.6) is 0 Å². The number of halogens is 3. The Morgan fingerprint density at radius 3 is 2.41 bits per heavy atom. The summed E-state index contributed by atoms with van der Waals surface area (Å²) in [5.74, 6) is 0.148. The molecule has 0 aliphatic carbocycles. The van der Waals surface area contributed by atoms with E-state index in [1.165, 1.54) is 10.7 Å². The largest absolute Gasteiger partial charge is 0.417 e. The van der Waals surface area contributed by atoms with Crippen molar-refractivity contribution in [1.82, 2.24) is 14.8 Å². The van der Waals surface area contributed by atoms with Crippen molar-refractivity contribution in [2.45, 2.75) is 51.6 Å². The lowest BCUT2D eigenvalue weighted by atomic mass is 10.0. The number of pyridine rings is 1. The first-order valence-corrected chi connectivity index (χ1v) is 10.2. The van der Waals surface area contributed by atoms with E-state index < -0.39 is 21.9 Å². The molecule has 6 nitrogen and oxygen atoms in total. The van der Waals surface area contributed by atoms with Crippen molar-refractivity contribution in [2.75, 3.05) is 5.75 Å². The second kappa shape index (κ2) is 8.39. The molecule has 1 N–H and O–H groups in total. The van der Waals surface area contributed by atoms with E-state index in [0.29, 0.717) is 31.5 Å². The van der Waals surface area contributed by atoms with Crippen molar-refractivity contribution in [3.63, 3.8) is 0 Å². The molecule has 0 bridgehead atoms. The first kappa shape index (κ1) is 21.4. The number of aryl methyl sites for hydroxylation is 1. The van der Waals surface area contributed by atoms with Crippen molar-refractivity contribution < 1.29 is 26.1 Å². The van der Waals surface area contributed by atoms with Crippen molar-refractivity contribution in [1.29, 1.82) is 0 Å². The summed E-state index contributed by atoms with van der Waals surface area (Å²) in [6.07, 6.45) is 0.438. The normalized spacial score (nSPS) is 12.7. The van der Waals surface area contributed by atoms with Gasteiger partial charge in [0.25, 0.3) is 10.1 Å². The van der Waals surface area contributed by atoms with Crippen LogP contribution in [0.1, 0.15) is 55.8 Å². The average Bonchev–Trinajstić information content (AvgIpc) is 2.97. The Balaban J connectivity index is 2.10. The molecule has 0 radical (unpaired) electrons. The summed E-state index contributed by atoms with van der Waals surface area (Å²) < 4.78 is 69.6. The molecule has 2 rings (SSSR count). The zero-order valence-corrected chi connectivity index (χ0v) is 15.9. The van der Waals surface area contributed by atoms with Gasteiger partial charge in [-0.05, 0) is 42.9 Å². The monoisotopic (exact) mass is 405 g/mol. The minimum Gasteiger partial charge on any atom is -0.286 e. The van der Waals surface area contributed by atoms with Crippen LogP contribution in [0, 0.1) is 0 Å². The van der Waals surface area contributed by atoms with Gasteiger partial charge in [0.05, 0.1) is 17.0 Å². The summed E-state index contributed by atoms with van der Waals surface area (Å²) in [5, 5.41) is 4.45. The van der Waals surface area contributed by atoms with E-state index in [1.807, 2.05) is 13.8 Å². The maximum Gasteiger partial charge on any atom is 0.417 e. The molecular formula is C17H22F3N3O3S. The van der Waals surface area contributed by atoms with E-state index in [1.54, 1.807) is 6.20 Å². The Kier molecular flexibility index (Phi) is 6.63. The first-order valence-electron chi connectivity index (χ1n) is 8.54. The second-order valence-corrected chi connectivity index (χ2v) is 8.21. The van der Waals surface area contributed by atoms with Crippen molar-refractivity contribution in [2.24, 2.45) is 0 Å². The van der Waals surface area contributed by atoms with Gasteiger partial charge in [-0.25, -0.2) is 9.67 Å². The van der Waals surface area contributed by atoms with Crippen molar-refractivity contribution in [3.05, 3.63) is 41.3 Å². The van der Waals surface area contributed by atoms with E-state index in [4.69, 9.17) is 4.55 Å². The summed E-state index contributed by atoms with van der Waals surface area (Å²) in [7, 11) is -3.94. The maximum atomic E-state index is 12.7. The van der Waals surface area contributed by atoms with Crippen molar-refractivity contribution >= 4 is 10.1 Å². The van der Waals surface area contributed by atoms with Gasteiger partial charge in [0.15, 0.2) is 5.82 Å². The Morgan fingerprint density at radius 2 is 1.89 bits per heavy atom. The zero-order chi connectivity index (χ0) is 20.2. The Morgan fingerprint density at radius 1 is 1.19 bits per heavy atom.